The van der Waals surface area contributed by atoms with Crippen LogP contribution in [-0.2, 0) is 6.54 Å². The molecule has 1 aromatic heterocycles. The highest BCUT2D eigenvalue weighted by atomic mass is 16.5. The first-order chi connectivity index (χ1) is 12.2. The minimum atomic E-state index is 0.878. The summed E-state index contributed by atoms with van der Waals surface area (Å²) in [6, 6.07) is 14.5. The fourth-order valence-corrected chi connectivity index (χ4v) is 3.50. The SMILES string of the molecule is COc1ccc(/N=C2/CCCN2Cc2c[nH]c3ccccc23)c(C)c1. The van der Waals surface area contributed by atoms with E-state index in [4.69, 9.17) is 9.73 Å². The van der Waals surface area contributed by atoms with Crippen molar-refractivity contribution in [3.63, 3.8) is 0 Å². The highest BCUT2D eigenvalue weighted by Gasteiger charge is 2.20. The van der Waals surface area contributed by atoms with Crippen LogP contribution >= 0.6 is 0 Å². The summed E-state index contributed by atoms with van der Waals surface area (Å²) in [5.74, 6) is 2.06. The summed E-state index contributed by atoms with van der Waals surface area (Å²) in [5.41, 5.74) is 4.70. The Bertz CT molecular complexity index is 926. The lowest BCUT2D eigenvalue weighted by atomic mass is 10.1. The number of ether oxygens (including phenoxy) is 1. The molecule has 1 aliphatic rings. The minimum absolute atomic E-state index is 0.878. The molecule has 4 heteroatoms. The number of hydrogen-bond acceptors (Lipinski definition) is 2. The van der Waals surface area contributed by atoms with Gasteiger partial charge in [0.05, 0.1) is 12.8 Å². The van der Waals surface area contributed by atoms with Crippen molar-refractivity contribution < 1.29 is 4.74 Å². The number of para-hydroxylation sites is 1. The molecule has 0 unspecified atom stereocenters. The summed E-state index contributed by atoms with van der Waals surface area (Å²) >= 11 is 0. The third kappa shape index (κ3) is 3.12. The fourth-order valence-electron chi connectivity index (χ4n) is 3.50. The standard InChI is InChI=1S/C21H23N3O/c1-15-12-17(25-2)9-10-19(15)23-21-8-5-11-24(21)14-16-13-22-20-7-4-3-6-18(16)20/h3-4,6-7,9-10,12-13,22H,5,8,11,14H2,1-2H3/b23-21-. The van der Waals surface area contributed by atoms with E-state index in [-0.39, 0.29) is 0 Å². The Morgan fingerprint density at radius 2 is 2.08 bits per heavy atom. The first-order valence-corrected chi connectivity index (χ1v) is 8.77. The number of H-pyrrole nitrogens is 1. The lowest BCUT2D eigenvalue weighted by Crippen LogP contribution is -2.24. The number of amidine groups is 1. The molecule has 1 saturated heterocycles. The lowest BCUT2D eigenvalue weighted by molar-refractivity contribution is 0.414. The van der Waals surface area contributed by atoms with Gasteiger partial charge in [-0.1, -0.05) is 18.2 Å². The molecule has 128 valence electrons. The van der Waals surface area contributed by atoms with Crippen LogP contribution < -0.4 is 4.74 Å². The van der Waals surface area contributed by atoms with Crippen LogP contribution in [0, 0.1) is 6.92 Å². The molecule has 0 spiro atoms. The quantitative estimate of drug-likeness (QED) is 0.744. The summed E-state index contributed by atoms with van der Waals surface area (Å²) < 4.78 is 5.29. The van der Waals surface area contributed by atoms with Crippen molar-refractivity contribution in [1.82, 2.24) is 9.88 Å². The van der Waals surface area contributed by atoms with Crippen LogP contribution in [0.5, 0.6) is 5.75 Å². The summed E-state index contributed by atoms with van der Waals surface area (Å²) in [6.07, 6.45) is 4.32. The molecule has 1 aliphatic heterocycles. The van der Waals surface area contributed by atoms with E-state index in [1.165, 1.54) is 22.3 Å². The van der Waals surface area contributed by atoms with Crippen LogP contribution in [0.25, 0.3) is 10.9 Å². The molecule has 2 aromatic carbocycles. The van der Waals surface area contributed by atoms with Gasteiger partial charge >= 0.3 is 0 Å². The Labute approximate surface area is 148 Å². The summed E-state index contributed by atoms with van der Waals surface area (Å²) in [6.45, 7) is 4.05. The molecule has 25 heavy (non-hydrogen) atoms. The highest BCUT2D eigenvalue weighted by molar-refractivity contribution is 5.88. The van der Waals surface area contributed by atoms with E-state index in [9.17, 15) is 0 Å². The van der Waals surface area contributed by atoms with Gasteiger partial charge in [0.25, 0.3) is 0 Å². The number of benzene rings is 2. The largest absolute Gasteiger partial charge is 0.497 e. The Morgan fingerprint density at radius 3 is 2.92 bits per heavy atom. The van der Waals surface area contributed by atoms with Crippen LogP contribution in [0.15, 0.2) is 53.7 Å². The van der Waals surface area contributed by atoms with Crippen molar-refractivity contribution in [2.75, 3.05) is 13.7 Å². The van der Waals surface area contributed by atoms with Crippen molar-refractivity contribution in [2.45, 2.75) is 26.3 Å². The van der Waals surface area contributed by atoms with Gasteiger partial charge in [-0.05, 0) is 48.7 Å². The van der Waals surface area contributed by atoms with Gasteiger partial charge in [-0.15, -0.1) is 0 Å². The number of nitrogens with zero attached hydrogens (tertiary/aromatic N) is 2. The first-order valence-electron chi connectivity index (χ1n) is 8.77. The molecule has 4 rings (SSSR count). The number of methoxy groups -OCH3 is 1. The second kappa shape index (κ2) is 6.63. The van der Waals surface area contributed by atoms with Crippen LogP contribution in [0.3, 0.4) is 0 Å². The number of aryl methyl sites for hydroxylation is 1. The zero-order valence-corrected chi connectivity index (χ0v) is 14.7. The Kier molecular flexibility index (Phi) is 4.18. The number of hydrogen-bond donors (Lipinski definition) is 1. The molecule has 0 atom stereocenters. The third-order valence-corrected chi connectivity index (χ3v) is 4.88. The molecule has 0 aliphatic carbocycles. The van der Waals surface area contributed by atoms with Crippen LogP contribution in [0.4, 0.5) is 5.69 Å². The number of fused-ring (bicyclic) bond motifs is 1. The van der Waals surface area contributed by atoms with E-state index >= 15 is 0 Å². The summed E-state index contributed by atoms with van der Waals surface area (Å²) in [7, 11) is 1.69. The molecule has 0 bridgehead atoms. The zero-order valence-electron chi connectivity index (χ0n) is 14.7. The maximum atomic E-state index is 5.29. The topological polar surface area (TPSA) is 40.6 Å². The van der Waals surface area contributed by atoms with Gasteiger partial charge in [0.2, 0.25) is 0 Å². The number of aromatic nitrogens is 1. The number of aliphatic imine (C=N–C) groups is 1. The molecule has 1 fully saturated rings. The Morgan fingerprint density at radius 1 is 1.20 bits per heavy atom. The normalized spacial score (nSPS) is 16.1. The van der Waals surface area contributed by atoms with Crippen molar-refractivity contribution in [1.29, 1.82) is 0 Å². The lowest BCUT2D eigenvalue weighted by Gasteiger charge is -2.19. The predicted octanol–water partition coefficient (Wildman–Crippen LogP) is 4.81. The van der Waals surface area contributed by atoms with Crippen LogP contribution in [-0.4, -0.2) is 29.4 Å². The van der Waals surface area contributed by atoms with E-state index in [0.29, 0.717) is 0 Å². The van der Waals surface area contributed by atoms with Gasteiger partial charge in [0.15, 0.2) is 0 Å². The van der Waals surface area contributed by atoms with E-state index < -0.39 is 0 Å². The summed E-state index contributed by atoms with van der Waals surface area (Å²) in [4.78, 5) is 10.7. The second-order valence-corrected chi connectivity index (χ2v) is 6.57. The van der Waals surface area contributed by atoms with E-state index in [2.05, 4.69) is 47.3 Å². The minimum Gasteiger partial charge on any atom is -0.497 e. The molecular formula is C21H23N3O. The molecule has 2 heterocycles. The van der Waals surface area contributed by atoms with Crippen molar-refractivity contribution in [3.8, 4) is 5.75 Å². The molecule has 0 amide bonds. The maximum Gasteiger partial charge on any atom is 0.119 e. The molecule has 1 N–H and O–H groups in total. The summed E-state index contributed by atoms with van der Waals surface area (Å²) in [5, 5.41) is 1.30. The van der Waals surface area contributed by atoms with Gasteiger partial charge in [0.1, 0.15) is 11.6 Å². The zero-order chi connectivity index (χ0) is 17.2. The van der Waals surface area contributed by atoms with Gasteiger partial charge in [0, 0.05) is 36.6 Å². The van der Waals surface area contributed by atoms with Gasteiger partial charge in [-0.3, -0.25) is 0 Å². The first kappa shape index (κ1) is 15.8. The predicted molar refractivity (Wildman–Crippen MR) is 103 cm³/mol. The molecule has 4 nitrogen and oxygen atoms in total. The average Bonchev–Trinajstić information content (AvgIpc) is 3.24. The third-order valence-electron chi connectivity index (χ3n) is 4.88. The molecule has 3 aromatic rings. The maximum absolute atomic E-state index is 5.29. The van der Waals surface area contributed by atoms with Crippen molar-refractivity contribution >= 4 is 22.4 Å². The van der Waals surface area contributed by atoms with Crippen molar-refractivity contribution in [2.24, 2.45) is 4.99 Å². The van der Waals surface area contributed by atoms with E-state index in [1.54, 1.807) is 7.11 Å². The molecule has 0 saturated carbocycles. The molecule has 0 radical (unpaired) electrons. The van der Waals surface area contributed by atoms with Crippen LogP contribution in [0.2, 0.25) is 0 Å². The van der Waals surface area contributed by atoms with Crippen LogP contribution in [0.1, 0.15) is 24.0 Å². The highest BCUT2D eigenvalue weighted by Crippen LogP contribution is 2.27. The van der Waals surface area contributed by atoms with Gasteiger partial charge in [-0.25, -0.2) is 4.99 Å². The van der Waals surface area contributed by atoms with Gasteiger partial charge < -0.3 is 14.6 Å². The van der Waals surface area contributed by atoms with E-state index in [1.807, 2.05) is 18.2 Å². The smallest absolute Gasteiger partial charge is 0.119 e. The number of aromatic amines is 1. The number of nitrogens with one attached hydrogen (secondary N) is 1. The fraction of sp³-hybridized carbons (Fsp3) is 0.286. The van der Waals surface area contributed by atoms with E-state index in [0.717, 1.165) is 42.9 Å². The molecular weight excluding hydrogens is 310 g/mol. The Balaban J connectivity index is 1.60. The number of likely N-dealkylation sites (tertiary alicyclic amines) is 1. The average molecular weight is 333 g/mol. The van der Waals surface area contributed by atoms with Gasteiger partial charge in [-0.2, -0.15) is 0 Å². The number of rotatable bonds is 4. The second-order valence-electron chi connectivity index (χ2n) is 6.57. The Hall–Kier alpha value is -2.75. The van der Waals surface area contributed by atoms with Crippen molar-refractivity contribution in [3.05, 3.63) is 59.8 Å². The monoisotopic (exact) mass is 333 g/mol.